The second-order valence-electron chi connectivity index (χ2n) is 5.29. The van der Waals surface area contributed by atoms with Gasteiger partial charge in [-0.15, -0.1) is 0 Å². The molecule has 0 heterocycles. The summed E-state index contributed by atoms with van der Waals surface area (Å²) in [6, 6.07) is 5.77. The van der Waals surface area contributed by atoms with Crippen LogP contribution in [0.5, 0.6) is 0 Å². The van der Waals surface area contributed by atoms with Crippen molar-refractivity contribution in [3.63, 3.8) is 0 Å². The van der Waals surface area contributed by atoms with Gasteiger partial charge in [0, 0.05) is 39.9 Å². The van der Waals surface area contributed by atoms with Gasteiger partial charge in [0.25, 0.3) is 0 Å². The molecule has 0 saturated heterocycles. The highest BCUT2D eigenvalue weighted by Gasteiger charge is 2.12. The second-order valence-corrected chi connectivity index (χ2v) is 5.29. The number of anilines is 1. The van der Waals surface area contributed by atoms with E-state index >= 15 is 0 Å². The number of nitrogens with one attached hydrogen (secondary N) is 1. The van der Waals surface area contributed by atoms with Crippen LogP contribution in [0.4, 0.5) is 10.1 Å². The minimum Gasteiger partial charge on any atom is -0.383 e. The number of rotatable bonds is 10. The van der Waals surface area contributed by atoms with Crippen molar-refractivity contribution in [2.45, 2.75) is 26.4 Å². The molecule has 0 aliphatic heterocycles. The van der Waals surface area contributed by atoms with Gasteiger partial charge in [-0.3, -0.25) is 0 Å². The average Bonchev–Trinajstić information content (AvgIpc) is 2.46. The van der Waals surface area contributed by atoms with Crippen LogP contribution >= 0.6 is 0 Å². The maximum absolute atomic E-state index is 14.3. The number of ether oxygens (including phenoxy) is 2. The molecule has 5 heteroatoms. The van der Waals surface area contributed by atoms with Crippen LogP contribution in [0.2, 0.25) is 0 Å². The fourth-order valence-corrected chi connectivity index (χ4v) is 1.99. The molecule has 1 aromatic carbocycles. The number of halogens is 1. The first-order chi connectivity index (χ1) is 10.1. The Morgan fingerprint density at radius 1 is 1.14 bits per heavy atom. The lowest BCUT2D eigenvalue weighted by molar-refractivity contribution is 0.190. The van der Waals surface area contributed by atoms with Gasteiger partial charge in [0.15, 0.2) is 0 Å². The van der Waals surface area contributed by atoms with Gasteiger partial charge in [-0.25, -0.2) is 4.39 Å². The molecule has 0 saturated carbocycles. The summed E-state index contributed by atoms with van der Waals surface area (Å²) in [5.41, 5.74) is 1.54. The van der Waals surface area contributed by atoms with Crippen LogP contribution in [0, 0.1) is 5.82 Å². The number of nitrogens with zero attached hydrogens (tertiary/aromatic N) is 1. The molecule has 0 fully saturated rings. The van der Waals surface area contributed by atoms with Crippen molar-refractivity contribution in [3.05, 3.63) is 29.6 Å². The fraction of sp³-hybridized carbons (Fsp3) is 0.625. The second kappa shape index (κ2) is 9.71. The zero-order valence-electron chi connectivity index (χ0n) is 13.5. The zero-order valence-corrected chi connectivity index (χ0v) is 13.5. The predicted octanol–water partition coefficient (Wildman–Crippen LogP) is 2.42. The van der Waals surface area contributed by atoms with Gasteiger partial charge in [-0.05, 0) is 17.7 Å². The van der Waals surface area contributed by atoms with Gasteiger partial charge in [-0.1, -0.05) is 19.9 Å². The topological polar surface area (TPSA) is 33.7 Å². The fourth-order valence-electron chi connectivity index (χ4n) is 1.99. The molecule has 0 spiro atoms. The molecule has 0 amide bonds. The van der Waals surface area contributed by atoms with Crippen molar-refractivity contribution in [1.29, 1.82) is 0 Å². The third kappa shape index (κ3) is 6.42. The summed E-state index contributed by atoms with van der Waals surface area (Å²) in [6.45, 7) is 7.20. The van der Waals surface area contributed by atoms with Crippen LogP contribution in [0.25, 0.3) is 0 Å². The van der Waals surface area contributed by atoms with Gasteiger partial charge in [-0.2, -0.15) is 0 Å². The molecule has 1 N–H and O–H groups in total. The molecule has 21 heavy (non-hydrogen) atoms. The van der Waals surface area contributed by atoms with E-state index in [4.69, 9.17) is 9.47 Å². The summed E-state index contributed by atoms with van der Waals surface area (Å²) in [4.78, 5) is 1.95. The summed E-state index contributed by atoms with van der Waals surface area (Å²) in [7, 11) is 3.29. The highest BCUT2D eigenvalue weighted by Crippen LogP contribution is 2.20. The van der Waals surface area contributed by atoms with E-state index < -0.39 is 0 Å². The van der Waals surface area contributed by atoms with E-state index in [1.54, 1.807) is 20.3 Å². The summed E-state index contributed by atoms with van der Waals surface area (Å²) in [5, 5.41) is 3.29. The average molecular weight is 298 g/mol. The zero-order chi connectivity index (χ0) is 15.7. The Balaban J connectivity index is 2.77. The summed E-state index contributed by atoms with van der Waals surface area (Å²) in [6.07, 6.45) is 0. The molecular weight excluding hydrogens is 271 g/mol. The number of benzene rings is 1. The molecule has 1 aromatic rings. The van der Waals surface area contributed by atoms with Crippen molar-refractivity contribution >= 4 is 5.69 Å². The first-order valence-electron chi connectivity index (χ1n) is 7.33. The Labute approximate surface area is 127 Å². The van der Waals surface area contributed by atoms with E-state index in [1.165, 1.54) is 0 Å². The highest BCUT2D eigenvalue weighted by molar-refractivity contribution is 5.49. The Bertz CT molecular complexity index is 405. The van der Waals surface area contributed by atoms with Crippen LogP contribution in [0.15, 0.2) is 18.2 Å². The summed E-state index contributed by atoms with van der Waals surface area (Å²) >= 11 is 0. The van der Waals surface area contributed by atoms with E-state index in [0.29, 0.717) is 44.6 Å². The molecule has 0 aromatic heterocycles. The maximum atomic E-state index is 14.3. The van der Waals surface area contributed by atoms with Crippen LogP contribution in [-0.4, -0.2) is 46.6 Å². The van der Waals surface area contributed by atoms with Gasteiger partial charge in [0.05, 0.1) is 18.9 Å². The lowest BCUT2D eigenvalue weighted by Crippen LogP contribution is -2.31. The van der Waals surface area contributed by atoms with Gasteiger partial charge in [0.1, 0.15) is 5.82 Å². The standard InChI is InChI=1S/C16H27FN2O2/c1-13(2)18-12-14-5-6-16(15(17)11-14)19(7-9-20-3)8-10-21-4/h5-6,11,13,18H,7-10,12H2,1-4H3. The Morgan fingerprint density at radius 3 is 2.24 bits per heavy atom. The SMILES string of the molecule is COCCN(CCOC)c1ccc(CNC(C)C)cc1F. The Morgan fingerprint density at radius 2 is 1.76 bits per heavy atom. The normalized spacial score (nSPS) is 11.1. The van der Waals surface area contributed by atoms with Crippen LogP contribution in [0.3, 0.4) is 0 Å². The lowest BCUT2D eigenvalue weighted by Gasteiger charge is -2.25. The molecular formula is C16H27FN2O2. The monoisotopic (exact) mass is 298 g/mol. The van der Waals surface area contributed by atoms with Crippen molar-refractivity contribution in [3.8, 4) is 0 Å². The van der Waals surface area contributed by atoms with Gasteiger partial charge in [0.2, 0.25) is 0 Å². The number of hydrogen-bond donors (Lipinski definition) is 1. The first kappa shape index (κ1) is 17.9. The quantitative estimate of drug-likeness (QED) is 0.719. The molecule has 0 unspecified atom stereocenters. The largest absolute Gasteiger partial charge is 0.383 e. The van der Waals surface area contributed by atoms with Crippen LogP contribution in [0.1, 0.15) is 19.4 Å². The van der Waals surface area contributed by atoms with Gasteiger partial charge < -0.3 is 19.7 Å². The molecule has 120 valence electrons. The smallest absolute Gasteiger partial charge is 0.146 e. The first-order valence-corrected chi connectivity index (χ1v) is 7.33. The molecule has 0 atom stereocenters. The Hall–Kier alpha value is -1.17. The minimum absolute atomic E-state index is 0.203. The van der Waals surface area contributed by atoms with Crippen molar-refractivity contribution < 1.29 is 13.9 Å². The van der Waals surface area contributed by atoms with Crippen molar-refractivity contribution in [2.24, 2.45) is 0 Å². The summed E-state index contributed by atoms with van der Waals surface area (Å²) < 4.78 is 24.5. The van der Waals surface area contributed by atoms with E-state index in [0.717, 1.165) is 5.56 Å². The van der Waals surface area contributed by atoms with Gasteiger partial charge >= 0.3 is 0 Å². The van der Waals surface area contributed by atoms with Crippen molar-refractivity contribution in [2.75, 3.05) is 45.4 Å². The van der Waals surface area contributed by atoms with E-state index in [-0.39, 0.29) is 5.82 Å². The number of hydrogen-bond acceptors (Lipinski definition) is 4. The van der Waals surface area contributed by atoms with E-state index in [1.807, 2.05) is 17.0 Å². The third-order valence-corrected chi connectivity index (χ3v) is 3.20. The molecule has 0 aliphatic carbocycles. The molecule has 0 aliphatic rings. The third-order valence-electron chi connectivity index (χ3n) is 3.20. The Kier molecular flexibility index (Phi) is 8.27. The molecule has 1 rings (SSSR count). The maximum Gasteiger partial charge on any atom is 0.146 e. The molecule has 0 radical (unpaired) electrons. The molecule has 0 bridgehead atoms. The van der Waals surface area contributed by atoms with Crippen LogP contribution < -0.4 is 10.2 Å². The predicted molar refractivity (Wildman–Crippen MR) is 84.3 cm³/mol. The van der Waals surface area contributed by atoms with Crippen molar-refractivity contribution in [1.82, 2.24) is 5.32 Å². The number of methoxy groups -OCH3 is 2. The van der Waals surface area contributed by atoms with E-state index in [2.05, 4.69) is 19.2 Å². The highest BCUT2D eigenvalue weighted by atomic mass is 19.1. The van der Waals surface area contributed by atoms with Crippen LogP contribution in [-0.2, 0) is 16.0 Å². The lowest BCUT2D eigenvalue weighted by atomic mass is 10.1. The minimum atomic E-state index is -0.203. The summed E-state index contributed by atoms with van der Waals surface area (Å²) in [5.74, 6) is -0.203. The molecule has 4 nitrogen and oxygen atoms in total. The van der Waals surface area contributed by atoms with E-state index in [9.17, 15) is 4.39 Å².